The molecule has 0 radical (unpaired) electrons. The van der Waals surface area contributed by atoms with E-state index >= 15 is 0 Å². The average Bonchev–Trinajstić information content (AvgIpc) is 2.91. The van der Waals surface area contributed by atoms with Gasteiger partial charge in [-0.3, -0.25) is 9.59 Å². The van der Waals surface area contributed by atoms with Crippen LogP contribution in [0.1, 0.15) is 137 Å². The topological polar surface area (TPSA) is 70.2 Å². The van der Waals surface area contributed by atoms with Crippen molar-refractivity contribution in [3.8, 4) is 0 Å². The molecule has 3 N–H and O–H groups in total. The van der Waals surface area contributed by atoms with E-state index in [0.717, 1.165) is 11.0 Å². The van der Waals surface area contributed by atoms with E-state index in [1.807, 2.05) is 35.0 Å². The summed E-state index contributed by atoms with van der Waals surface area (Å²) in [6, 6.07) is -0.129. The molecule has 0 aromatic heterocycles. The lowest BCUT2D eigenvalue weighted by Crippen LogP contribution is -3.00. The molecule has 0 rings (SSSR count). The van der Waals surface area contributed by atoms with E-state index in [4.69, 9.17) is 0 Å². The molecule has 0 saturated heterocycles. The Bertz CT molecular complexity index is 694. The van der Waals surface area contributed by atoms with Crippen LogP contribution in [0.25, 0.3) is 0 Å². The molecule has 272 valence electrons. The Hall–Kier alpha value is -0.860. The number of likely N-dealkylation sites (N-methyl/N-ethyl adjacent to an activating group) is 1. The van der Waals surface area contributed by atoms with Crippen LogP contribution in [0.4, 0.5) is 0 Å². The largest absolute Gasteiger partial charge is 1.00 e. The second-order valence-electron chi connectivity index (χ2n) is 14.3. The van der Waals surface area contributed by atoms with Gasteiger partial charge in [-0.1, -0.05) is 90.7 Å². The molecule has 0 aliphatic carbocycles. The maximum atomic E-state index is 12.5. The van der Waals surface area contributed by atoms with Crippen molar-refractivity contribution in [1.82, 2.24) is 16.0 Å². The van der Waals surface area contributed by atoms with E-state index in [-0.39, 0.29) is 48.8 Å². The molecule has 0 fully saturated rings. The Morgan fingerprint density at radius 1 is 0.622 bits per heavy atom. The summed E-state index contributed by atoms with van der Waals surface area (Å²) in [5.41, 5.74) is 0. The monoisotopic (exact) mass is 682 g/mol. The number of hydrogen-bond acceptors (Lipinski definition) is 3. The molecule has 7 nitrogen and oxygen atoms in total. The molecule has 0 aromatic rings. The van der Waals surface area contributed by atoms with Gasteiger partial charge in [0.25, 0.3) is 0 Å². The van der Waals surface area contributed by atoms with E-state index in [9.17, 15) is 9.59 Å². The molecule has 2 amide bonds. The van der Waals surface area contributed by atoms with Crippen molar-refractivity contribution in [3.05, 3.63) is 12.2 Å². The predicted molar refractivity (Wildman–Crippen MR) is 188 cm³/mol. The number of nitrogens with one attached hydrogen (secondary N) is 3. The smallest absolute Gasteiger partial charge is 0.225 e. The Labute approximate surface area is 293 Å². The first kappa shape index (κ1) is 51.0. The summed E-state index contributed by atoms with van der Waals surface area (Å²) in [6.45, 7) is 11.2. The molecule has 2 unspecified atom stereocenters. The number of unbranched alkanes of at least 4 members (excludes halogenated alkanes) is 12. The molecule has 45 heavy (non-hydrogen) atoms. The third-order valence-electron chi connectivity index (χ3n) is 7.62. The second-order valence-corrected chi connectivity index (χ2v) is 14.3. The standard InChI is InChI=1S/C30H60N4O2.C6H16N.2ClH/c1-7-9-10-11-12-13-14-15-16-17-18-19-20-21-22-23-25-31-26-24-29(36)33-30(34(4,5)6)27(3)32-28(35)8-2;1-5-6-7(2,3)4;;/h15-16,27,30-31H,7-14,17-26H2,1-6H3,(H-,32,33,35,36);5-6H2,1-4H3;2*1H/q;+1;;/p-1/b16-15+;;;. The highest BCUT2D eigenvalue weighted by Crippen LogP contribution is 2.10. The molecule has 0 bridgehead atoms. The van der Waals surface area contributed by atoms with Gasteiger partial charge < -0.3 is 49.7 Å². The van der Waals surface area contributed by atoms with Crippen LogP contribution in [0.5, 0.6) is 0 Å². The number of quaternary nitrogens is 2. The molecular formula is C36H77Cl2N5O2. The SMILES string of the molecule is CCCCCCCC/C=C/CCCCCCCCNCCC(=O)NC(C(C)NC(=O)CC)[N+](C)(C)C.CCC[N+](C)(C)C.[Cl-].[Cl-]. The molecule has 2 atom stereocenters. The normalized spacial score (nSPS) is 12.8. The highest BCUT2D eigenvalue weighted by Gasteiger charge is 2.32. The van der Waals surface area contributed by atoms with E-state index in [0.29, 0.717) is 23.9 Å². The summed E-state index contributed by atoms with van der Waals surface area (Å²) in [6.07, 6.45) is 25.3. The first-order valence-electron chi connectivity index (χ1n) is 17.8. The zero-order valence-electron chi connectivity index (χ0n) is 31.4. The molecule has 0 heterocycles. The van der Waals surface area contributed by atoms with Gasteiger partial charge in [0.05, 0.1) is 54.9 Å². The molecule has 0 aliphatic heterocycles. The van der Waals surface area contributed by atoms with Crippen LogP contribution in [0.2, 0.25) is 0 Å². The maximum Gasteiger partial charge on any atom is 0.225 e. The molecule has 0 aromatic carbocycles. The van der Waals surface area contributed by atoms with E-state index in [1.165, 1.54) is 103 Å². The van der Waals surface area contributed by atoms with Crippen LogP contribution in [0, 0.1) is 0 Å². The second kappa shape index (κ2) is 33.1. The highest BCUT2D eigenvalue weighted by molar-refractivity contribution is 5.77. The summed E-state index contributed by atoms with van der Waals surface area (Å²) in [4.78, 5) is 24.2. The van der Waals surface area contributed by atoms with Crippen molar-refractivity contribution in [2.75, 3.05) is 61.9 Å². The fourth-order valence-electron chi connectivity index (χ4n) is 5.16. The van der Waals surface area contributed by atoms with E-state index in [1.54, 1.807) is 0 Å². The fourth-order valence-corrected chi connectivity index (χ4v) is 5.16. The third kappa shape index (κ3) is 37.5. The quantitative estimate of drug-likeness (QED) is 0.0556. The summed E-state index contributed by atoms with van der Waals surface area (Å²) in [5.74, 6) is 0.0340. The number of carbonyl (C=O) groups is 2. The van der Waals surface area contributed by atoms with Crippen LogP contribution in [0.3, 0.4) is 0 Å². The Morgan fingerprint density at radius 2 is 1.11 bits per heavy atom. The van der Waals surface area contributed by atoms with Crippen LogP contribution in [-0.2, 0) is 9.59 Å². The lowest BCUT2D eigenvalue weighted by molar-refractivity contribution is -0.899. The first-order chi connectivity index (χ1) is 20.3. The average molecular weight is 683 g/mol. The van der Waals surface area contributed by atoms with Crippen LogP contribution < -0.4 is 40.8 Å². The zero-order valence-corrected chi connectivity index (χ0v) is 32.9. The van der Waals surface area contributed by atoms with Crippen molar-refractivity contribution in [2.24, 2.45) is 0 Å². The number of allylic oxidation sites excluding steroid dienone is 2. The van der Waals surface area contributed by atoms with Gasteiger partial charge in [-0.2, -0.15) is 0 Å². The summed E-state index contributed by atoms with van der Waals surface area (Å²) < 4.78 is 1.65. The van der Waals surface area contributed by atoms with Gasteiger partial charge in [0.15, 0.2) is 6.17 Å². The highest BCUT2D eigenvalue weighted by atomic mass is 35.5. The van der Waals surface area contributed by atoms with Crippen LogP contribution in [0.15, 0.2) is 12.2 Å². The molecular weight excluding hydrogens is 605 g/mol. The van der Waals surface area contributed by atoms with Gasteiger partial charge in [-0.25, -0.2) is 0 Å². The minimum atomic E-state index is -0.163. The molecule has 0 spiro atoms. The van der Waals surface area contributed by atoms with Crippen molar-refractivity contribution in [1.29, 1.82) is 0 Å². The van der Waals surface area contributed by atoms with Gasteiger partial charge in [0.2, 0.25) is 11.8 Å². The number of amides is 2. The minimum absolute atomic E-state index is 0. The Morgan fingerprint density at radius 3 is 1.53 bits per heavy atom. The van der Waals surface area contributed by atoms with Gasteiger partial charge >= 0.3 is 0 Å². The maximum absolute atomic E-state index is 12.5. The fraction of sp³-hybridized carbons (Fsp3) is 0.889. The van der Waals surface area contributed by atoms with Crippen molar-refractivity contribution >= 4 is 11.8 Å². The lowest BCUT2D eigenvalue weighted by Gasteiger charge is -2.38. The number of hydrogen-bond donors (Lipinski definition) is 3. The number of nitrogens with zero attached hydrogens (tertiary/aromatic N) is 2. The Balaban J connectivity index is -0.000000830. The van der Waals surface area contributed by atoms with Crippen LogP contribution >= 0.6 is 0 Å². The van der Waals surface area contributed by atoms with Crippen molar-refractivity contribution < 1.29 is 43.4 Å². The molecule has 0 saturated carbocycles. The van der Waals surface area contributed by atoms with Gasteiger partial charge in [-0.05, 0) is 52.0 Å². The van der Waals surface area contributed by atoms with E-state index in [2.05, 4.69) is 63.1 Å². The predicted octanol–water partition coefficient (Wildman–Crippen LogP) is 1.18. The number of halogens is 2. The van der Waals surface area contributed by atoms with Gasteiger partial charge in [0, 0.05) is 19.4 Å². The van der Waals surface area contributed by atoms with Crippen LogP contribution in [-0.4, -0.2) is 94.9 Å². The van der Waals surface area contributed by atoms with Gasteiger partial charge in [0.1, 0.15) is 0 Å². The summed E-state index contributed by atoms with van der Waals surface area (Å²) in [5, 5.41) is 9.50. The minimum Gasteiger partial charge on any atom is -1.00 e. The number of rotatable bonds is 26. The van der Waals surface area contributed by atoms with Crippen molar-refractivity contribution in [2.45, 2.75) is 149 Å². The summed E-state index contributed by atoms with van der Waals surface area (Å²) >= 11 is 0. The van der Waals surface area contributed by atoms with Crippen molar-refractivity contribution in [3.63, 3.8) is 0 Å². The molecule has 0 aliphatic rings. The first-order valence-corrected chi connectivity index (χ1v) is 17.8. The Kier molecular flexibility index (Phi) is 37.5. The molecule has 9 heteroatoms. The lowest BCUT2D eigenvalue weighted by atomic mass is 10.1. The third-order valence-corrected chi connectivity index (χ3v) is 7.62. The number of carbonyl (C=O) groups excluding carboxylic acids is 2. The zero-order chi connectivity index (χ0) is 33.0. The summed E-state index contributed by atoms with van der Waals surface area (Å²) in [7, 11) is 12.7. The van der Waals surface area contributed by atoms with E-state index < -0.39 is 0 Å². The van der Waals surface area contributed by atoms with Gasteiger partial charge in [-0.15, -0.1) is 0 Å².